The number of anilines is 1. The maximum atomic E-state index is 12.3. The van der Waals surface area contributed by atoms with Gasteiger partial charge in [0.25, 0.3) is 0 Å². The number of carbonyl (C=O) groups is 2. The number of benzene rings is 1. The Hall–Kier alpha value is -1.49. The third-order valence-corrected chi connectivity index (χ3v) is 5.03. The largest absolute Gasteiger partial charge is 0.322 e. The van der Waals surface area contributed by atoms with E-state index in [4.69, 9.17) is 0 Å². The van der Waals surface area contributed by atoms with Gasteiger partial charge < -0.3 is 10.2 Å². The lowest BCUT2D eigenvalue weighted by Gasteiger charge is -2.37. The summed E-state index contributed by atoms with van der Waals surface area (Å²) in [5.41, 5.74) is 1.37. The molecular weight excluding hydrogens is 272 g/mol. The minimum absolute atomic E-state index is 0.0263. The Kier molecular flexibility index (Phi) is 4.70. The maximum Gasteiger partial charge on any atom is 0.322 e. The standard InChI is InChI=1S/C15H20N2O2S/c1-10-12(3)20-9-8-17(10)15(19)16-14-6-4-13(5-7-14)11(2)18/h4-7,10,12H,8-9H2,1-3H3,(H,16,19). The molecule has 1 N–H and O–H groups in total. The lowest BCUT2D eigenvalue weighted by Crippen LogP contribution is -2.49. The third-order valence-electron chi connectivity index (χ3n) is 3.69. The van der Waals surface area contributed by atoms with Crippen LogP contribution in [0.3, 0.4) is 0 Å². The van der Waals surface area contributed by atoms with Gasteiger partial charge in [0.05, 0.1) is 0 Å². The fourth-order valence-electron chi connectivity index (χ4n) is 2.20. The SMILES string of the molecule is CC(=O)c1ccc(NC(=O)N2CCSC(C)C2C)cc1. The van der Waals surface area contributed by atoms with E-state index in [0.717, 1.165) is 18.0 Å². The predicted octanol–water partition coefficient (Wildman–Crippen LogP) is 3.25. The van der Waals surface area contributed by atoms with Crippen LogP contribution in [-0.4, -0.2) is 40.3 Å². The van der Waals surface area contributed by atoms with E-state index < -0.39 is 0 Å². The second-order valence-electron chi connectivity index (χ2n) is 5.07. The van der Waals surface area contributed by atoms with Gasteiger partial charge in [0, 0.05) is 34.8 Å². The highest BCUT2D eigenvalue weighted by molar-refractivity contribution is 8.00. The van der Waals surface area contributed by atoms with Gasteiger partial charge in [-0.3, -0.25) is 4.79 Å². The van der Waals surface area contributed by atoms with Gasteiger partial charge in [-0.2, -0.15) is 11.8 Å². The highest BCUT2D eigenvalue weighted by Gasteiger charge is 2.28. The normalized spacial score (nSPS) is 22.4. The number of urea groups is 1. The van der Waals surface area contributed by atoms with E-state index in [9.17, 15) is 9.59 Å². The second kappa shape index (κ2) is 6.31. The van der Waals surface area contributed by atoms with Crippen LogP contribution >= 0.6 is 11.8 Å². The van der Waals surface area contributed by atoms with Crippen molar-refractivity contribution in [1.82, 2.24) is 4.90 Å². The predicted molar refractivity (Wildman–Crippen MR) is 83.6 cm³/mol. The first-order valence-electron chi connectivity index (χ1n) is 6.79. The monoisotopic (exact) mass is 292 g/mol. The molecule has 4 nitrogen and oxygen atoms in total. The summed E-state index contributed by atoms with van der Waals surface area (Å²) in [6, 6.07) is 7.15. The zero-order valence-corrected chi connectivity index (χ0v) is 12.9. The molecule has 1 aromatic carbocycles. The summed E-state index contributed by atoms with van der Waals surface area (Å²) in [7, 11) is 0. The number of hydrogen-bond acceptors (Lipinski definition) is 3. The number of rotatable bonds is 2. The molecule has 1 aliphatic rings. The van der Waals surface area contributed by atoms with Crippen LogP contribution in [0.25, 0.3) is 0 Å². The Morgan fingerprint density at radius 2 is 1.90 bits per heavy atom. The van der Waals surface area contributed by atoms with E-state index in [2.05, 4.69) is 19.2 Å². The summed E-state index contributed by atoms with van der Waals surface area (Å²) < 4.78 is 0. The Morgan fingerprint density at radius 1 is 1.25 bits per heavy atom. The Balaban J connectivity index is 2.02. The van der Waals surface area contributed by atoms with Crippen molar-refractivity contribution in [2.24, 2.45) is 0 Å². The molecule has 1 fully saturated rings. The molecule has 1 saturated heterocycles. The van der Waals surface area contributed by atoms with Crippen molar-refractivity contribution in [1.29, 1.82) is 0 Å². The summed E-state index contributed by atoms with van der Waals surface area (Å²) in [6.07, 6.45) is 0. The summed E-state index contributed by atoms with van der Waals surface area (Å²) >= 11 is 1.90. The number of Topliss-reactive ketones (excluding diaryl/α,β-unsaturated/α-hetero) is 1. The number of nitrogens with zero attached hydrogens (tertiary/aromatic N) is 1. The summed E-state index contributed by atoms with van der Waals surface area (Å²) in [5, 5.41) is 3.35. The van der Waals surface area contributed by atoms with Gasteiger partial charge in [0.1, 0.15) is 0 Å². The molecule has 1 aliphatic heterocycles. The van der Waals surface area contributed by atoms with Crippen molar-refractivity contribution >= 4 is 29.3 Å². The Bertz CT molecular complexity index is 501. The van der Waals surface area contributed by atoms with Crippen LogP contribution in [0.1, 0.15) is 31.1 Å². The van der Waals surface area contributed by atoms with Crippen molar-refractivity contribution in [2.75, 3.05) is 17.6 Å². The zero-order valence-electron chi connectivity index (χ0n) is 12.1. The molecule has 2 atom stereocenters. The highest BCUT2D eigenvalue weighted by atomic mass is 32.2. The lowest BCUT2D eigenvalue weighted by atomic mass is 10.1. The molecule has 2 rings (SSSR count). The van der Waals surface area contributed by atoms with Crippen LogP contribution in [0.4, 0.5) is 10.5 Å². The van der Waals surface area contributed by atoms with Gasteiger partial charge in [-0.25, -0.2) is 4.79 Å². The van der Waals surface area contributed by atoms with E-state index >= 15 is 0 Å². The number of hydrogen-bond donors (Lipinski definition) is 1. The molecule has 0 aromatic heterocycles. The first-order chi connectivity index (χ1) is 9.49. The lowest BCUT2D eigenvalue weighted by molar-refractivity contribution is 0.101. The van der Waals surface area contributed by atoms with E-state index in [-0.39, 0.29) is 17.9 Å². The number of amides is 2. The minimum Gasteiger partial charge on any atom is -0.320 e. The van der Waals surface area contributed by atoms with Crippen molar-refractivity contribution in [3.63, 3.8) is 0 Å². The van der Waals surface area contributed by atoms with Crippen LogP contribution in [0.15, 0.2) is 24.3 Å². The first kappa shape index (κ1) is 14.9. The second-order valence-corrected chi connectivity index (χ2v) is 6.56. The smallest absolute Gasteiger partial charge is 0.320 e. The molecule has 1 aromatic rings. The van der Waals surface area contributed by atoms with Gasteiger partial charge in [-0.15, -0.1) is 0 Å². The molecule has 0 bridgehead atoms. The Labute approximate surface area is 123 Å². The molecular formula is C15H20N2O2S. The van der Waals surface area contributed by atoms with Gasteiger partial charge in [-0.1, -0.05) is 6.92 Å². The van der Waals surface area contributed by atoms with E-state index in [1.807, 2.05) is 16.7 Å². The molecule has 2 unspecified atom stereocenters. The molecule has 2 amide bonds. The molecule has 5 heteroatoms. The molecule has 0 radical (unpaired) electrons. The third kappa shape index (κ3) is 3.33. The fourth-order valence-corrected chi connectivity index (χ4v) is 3.30. The molecule has 0 saturated carbocycles. The average Bonchev–Trinajstić information content (AvgIpc) is 2.42. The van der Waals surface area contributed by atoms with Crippen molar-refractivity contribution in [3.8, 4) is 0 Å². The summed E-state index contributed by atoms with van der Waals surface area (Å²) in [6.45, 7) is 6.53. The molecule has 20 heavy (non-hydrogen) atoms. The fraction of sp³-hybridized carbons (Fsp3) is 0.467. The quantitative estimate of drug-likeness (QED) is 0.851. The average molecular weight is 292 g/mol. The zero-order chi connectivity index (χ0) is 14.7. The van der Waals surface area contributed by atoms with E-state index in [0.29, 0.717) is 10.8 Å². The van der Waals surface area contributed by atoms with Crippen LogP contribution in [0.2, 0.25) is 0 Å². The number of ketones is 1. The molecule has 0 spiro atoms. The van der Waals surface area contributed by atoms with Crippen LogP contribution in [0.5, 0.6) is 0 Å². The first-order valence-corrected chi connectivity index (χ1v) is 7.84. The topological polar surface area (TPSA) is 49.4 Å². The van der Waals surface area contributed by atoms with Crippen molar-refractivity contribution in [2.45, 2.75) is 32.1 Å². The van der Waals surface area contributed by atoms with Gasteiger partial charge in [0.15, 0.2) is 5.78 Å². The minimum atomic E-state index is -0.0692. The number of carbonyl (C=O) groups excluding carboxylic acids is 2. The van der Waals surface area contributed by atoms with Crippen molar-refractivity contribution in [3.05, 3.63) is 29.8 Å². The maximum absolute atomic E-state index is 12.3. The summed E-state index contributed by atoms with van der Waals surface area (Å²) in [4.78, 5) is 25.4. The molecule has 0 aliphatic carbocycles. The van der Waals surface area contributed by atoms with E-state index in [1.165, 1.54) is 6.92 Å². The van der Waals surface area contributed by atoms with Gasteiger partial charge in [0.2, 0.25) is 0 Å². The van der Waals surface area contributed by atoms with Gasteiger partial charge >= 0.3 is 6.03 Å². The number of nitrogens with one attached hydrogen (secondary N) is 1. The number of thioether (sulfide) groups is 1. The van der Waals surface area contributed by atoms with Crippen LogP contribution in [0, 0.1) is 0 Å². The van der Waals surface area contributed by atoms with Gasteiger partial charge in [-0.05, 0) is 38.1 Å². The van der Waals surface area contributed by atoms with Crippen LogP contribution in [-0.2, 0) is 0 Å². The van der Waals surface area contributed by atoms with E-state index in [1.54, 1.807) is 24.3 Å². The highest BCUT2D eigenvalue weighted by Crippen LogP contribution is 2.24. The Morgan fingerprint density at radius 3 is 2.50 bits per heavy atom. The van der Waals surface area contributed by atoms with Crippen LogP contribution < -0.4 is 5.32 Å². The summed E-state index contributed by atoms with van der Waals surface area (Å²) in [5.74, 6) is 1.00. The molecule has 1 heterocycles. The van der Waals surface area contributed by atoms with Crippen molar-refractivity contribution < 1.29 is 9.59 Å². The molecule has 108 valence electrons.